The molecule has 0 saturated carbocycles. The van der Waals surface area contributed by atoms with Gasteiger partial charge in [0.05, 0.1) is 6.42 Å². The van der Waals surface area contributed by atoms with Crippen LogP contribution in [0.15, 0.2) is 18.2 Å². The van der Waals surface area contributed by atoms with Crippen LogP contribution in [-0.2, 0) is 11.2 Å². The van der Waals surface area contributed by atoms with Crippen LogP contribution in [0.5, 0.6) is 0 Å². The van der Waals surface area contributed by atoms with Crippen LogP contribution in [0.4, 0.5) is 4.39 Å². The Hall–Kier alpha value is -1.42. The van der Waals surface area contributed by atoms with Gasteiger partial charge in [-0.2, -0.15) is 0 Å². The predicted octanol–water partition coefficient (Wildman–Crippen LogP) is 1.27. The van der Waals surface area contributed by atoms with Gasteiger partial charge in [0.2, 0.25) is 5.91 Å². The molecule has 1 aromatic carbocycles. The maximum atomic E-state index is 12.9. The van der Waals surface area contributed by atoms with Gasteiger partial charge in [0.1, 0.15) is 5.82 Å². The summed E-state index contributed by atoms with van der Waals surface area (Å²) in [6, 6.07) is 4.69. The third-order valence-electron chi connectivity index (χ3n) is 1.94. The molecule has 1 N–H and O–H groups in total. The summed E-state index contributed by atoms with van der Waals surface area (Å²) in [4.78, 5) is 11.4. The van der Waals surface area contributed by atoms with Crippen molar-refractivity contribution in [2.75, 3.05) is 14.1 Å². The lowest BCUT2D eigenvalue weighted by atomic mass is 10.1. The zero-order valence-electron chi connectivity index (χ0n) is 9.17. The number of hydrogen-bond acceptors (Lipinski definition) is 2. The highest BCUT2D eigenvalue weighted by Gasteiger charge is 2.05. The molecule has 0 saturated heterocycles. The van der Waals surface area contributed by atoms with Gasteiger partial charge < -0.3 is 0 Å². The van der Waals surface area contributed by atoms with E-state index in [0.717, 1.165) is 5.56 Å². The fraction of sp³-hybridized carbons (Fsp3) is 0.364. The minimum Gasteiger partial charge on any atom is -0.289 e. The largest absolute Gasteiger partial charge is 0.289 e. The van der Waals surface area contributed by atoms with Crippen LogP contribution in [0, 0.1) is 12.7 Å². The maximum absolute atomic E-state index is 12.9. The van der Waals surface area contributed by atoms with E-state index in [-0.39, 0.29) is 18.1 Å². The molecule has 4 heteroatoms. The minimum atomic E-state index is -0.244. The number of benzene rings is 1. The highest BCUT2D eigenvalue weighted by atomic mass is 19.1. The quantitative estimate of drug-likeness (QED) is 0.762. The topological polar surface area (TPSA) is 32.3 Å². The molecule has 1 amide bonds. The van der Waals surface area contributed by atoms with Gasteiger partial charge in [0, 0.05) is 14.1 Å². The summed E-state index contributed by atoms with van der Waals surface area (Å²) in [7, 11) is 3.49. The van der Waals surface area contributed by atoms with E-state index >= 15 is 0 Å². The Morgan fingerprint density at radius 1 is 1.47 bits per heavy atom. The number of carbonyl (C=O) groups is 1. The number of nitrogens with zero attached hydrogens (tertiary/aromatic N) is 1. The first-order valence-corrected chi connectivity index (χ1v) is 4.71. The highest BCUT2D eigenvalue weighted by molar-refractivity contribution is 5.78. The normalized spacial score (nSPS) is 10.5. The summed E-state index contributed by atoms with van der Waals surface area (Å²) < 4.78 is 12.9. The van der Waals surface area contributed by atoms with Crippen molar-refractivity contribution in [1.82, 2.24) is 10.4 Å². The van der Waals surface area contributed by atoms with Crippen molar-refractivity contribution in [1.29, 1.82) is 0 Å². The van der Waals surface area contributed by atoms with E-state index < -0.39 is 0 Å². The smallest absolute Gasteiger partial charge is 0.238 e. The standard InChI is InChI=1S/C11H15FN2O/c1-8-6-9(4-5-10(8)12)7-11(15)13-14(2)3/h4-6H,7H2,1-3H3,(H,13,15). The number of aryl methyl sites for hydroxylation is 1. The van der Waals surface area contributed by atoms with Crippen molar-refractivity contribution in [3.8, 4) is 0 Å². The first kappa shape index (κ1) is 11.7. The van der Waals surface area contributed by atoms with Gasteiger partial charge in [0.15, 0.2) is 0 Å². The summed E-state index contributed by atoms with van der Waals surface area (Å²) in [5.41, 5.74) is 4.00. The molecule has 0 spiro atoms. The molecule has 1 aromatic rings. The van der Waals surface area contributed by atoms with Crippen LogP contribution in [0.3, 0.4) is 0 Å². The molecule has 0 unspecified atom stereocenters. The molecular formula is C11H15FN2O. The van der Waals surface area contributed by atoms with Crippen molar-refractivity contribution in [3.63, 3.8) is 0 Å². The molecule has 0 radical (unpaired) electrons. The number of hydrogen-bond donors (Lipinski definition) is 1. The van der Waals surface area contributed by atoms with Gasteiger partial charge in [-0.25, -0.2) is 9.40 Å². The summed E-state index contributed by atoms with van der Waals surface area (Å²) in [5.74, 6) is -0.349. The first-order chi connectivity index (χ1) is 6.99. The predicted molar refractivity (Wildman–Crippen MR) is 56.7 cm³/mol. The van der Waals surface area contributed by atoms with Crippen molar-refractivity contribution in [2.45, 2.75) is 13.3 Å². The van der Waals surface area contributed by atoms with Crippen molar-refractivity contribution >= 4 is 5.91 Å². The van der Waals surface area contributed by atoms with E-state index in [1.807, 2.05) is 0 Å². The summed E-state index contributed by atoms with van der Waals surface area (Å²) in [5, 5.41) is 1.58. The number of carbonyl (C=O) groups excluding carboxylic acids is 1. The lowest BCUT2D eigenvalue weighted by Gasteiger charge is -2.11. The van der Waals surface area contributed by atoms with E-state index in [1.54, 1.807) is 38.2 Å². The van der Waals surface area contributed by atoms with Gasteiger partial charge >= 0.3 is 0 Å². The second-order valence-corrected chi connectivity index (χ2v) is 3.69. The molecule has 1 rings (SSSR count). The molecule has 0 aliphatic carbocycles. The number of nitrogens with one attached hydrogen (secondary N) is 1. The molecule has 0 bridgehead atoms. The van der Waals surface area contributed by atoms with Crippen molar-refractivity contribution in [2.24, 2.45) is 0 Å². The first-order valence-electron chi connectivity index (χ1n) is 4.71. The van der Waals surface area contributed by atoms with E-state index in [2.05, 4.69) is 5.43 Å². The van der Waals surface area contributed by atoms with Gasteiger partial charge in [-0.15, -0.1) is 0 Å². The molecule has 0 aromatic heterocycles. The Labute approximate surface area is 88.9 Å². The number of hydrazine groups is 1. The molecule has 82 valence electrons. The zero-order valence-corrected chi connectivity index (χ0v) is 9.17. The lowest BCUT2D eigenvalue weighted by molar-refractivity contribution is -0.124. The van der Waals surface area contributed by atoms with Crippen molar-refractivity contribution in [3.05, 3.63) is 35.1 Å². The molecule has 0 aliphatic heterocycles. The summed E-state index contributed by atoms with van der Waals surface area (Å²) in [6.45, 7) is 1.68. The fourth-order valence-electron chi connectivity index (χ4n) is 1.29. The average molecular weight is 210 g/mol. The fourth-order valence-corrected chi connectivity index (χ4v) is 1.29. The molecule has 0 atom stereocenters. The third-order valence-corrected chi connectivity index (χ3v) is 1.94. The zero-order chi connectivity index (χ0) is 11.4. The number of rotatable bonds is 3. The molecule has 0 heterocycles. The Balaban J connectivity index is 2.65. The van der Waals surface area contributed by atoms with Crippen LogP contribution in [0.2, 0.25) is 0 Å². The van der Waals surface area contributed by atoms with Gasteiger partial charge in [-0.05, 0) is 24.1 Å². The number of amides is 1. The second-order valence-electron chi connectivity index (χ2n) is 3.69. The van der Waals surface area contributed by atoms with Crippen LogP contribution in [0.25, 0.3) is 0 Å². The highest BCUT2D eigenvalue weighted by Crippen LogP contribution is 2.09. The Kier molecular flexibility index (Phi) is 3.80. The van der Waals surface area contributed by atoms with E-state index in [1.165, 1.54) is 6.07 Å². The average Bonchev–Trinajstić information content (AvgIpc) is 2.10. The van der Waals surface area contributed by atoms with E-state index in [9.17, 15) is 9.18 Å². The third kappa shape index (κ3) is 3.67. The molecular weight excluding hydrogens is 195 g/mol. The molecule has 15 heavy (non-hydrogen) atoms. The monoisotopic (exact) mass is 210 g/mol. The molecule has 0 aliphatic rings. The van der Waals surface area contributed by atoms with Gasteiger partial charge in [-0.3, -0.25) is 10.2 Å². The van der Waals surface area contributed by atoms with Crippen LogP contribution >= 0.6 is 0 Å². The Morgan fingerprint density at radius 2 is 2.13 bits per heavy atom. The lowest BCUT2D eigenvalue weighted by Crippen LogP contribution is -2.37. The van der Waals surface area contributed by atoms with Crippen molar-refractivity contribution < 1.29 is 9.18 Å². The van der Waals surface area contributed by atoms with E-state index in [0.29, 0.717) is 5.56 Å². The number of halogens is 1. The second kappa shape index (κ2) is 4.89. The summed E-state index contributed by atoms with van der Waals surface area (Å²) >= 11 is 0. The Bertz CT molecular complexity index is 364. The molecule has 0 fully saturated rings. The van der Waals surface area contributed by atoms with Gasteiger partial charge in [0.25, 0.3) is 0 Å². The maximum Gasteiger partial charge on any atom is 0.238 e. The SMILES string of the molecule is Cc1cc(CC(=O)NN(C)C)ccc1F. The van der Waals surface area contributed by atoms with Crippen LogP contribution in [0.1, 0.15) is 11.1 Å². The van der Waals surface area contributed by atoms with Gasteiger partial charge in [-0.1, -0.05) is 12.1 Å². The Morgan fingerprint density at radius 3 is 2.67 bits per heavy atom. The minimum absolute atomic E-state index is 0.106. The van der Waals surface area contributed by atoms with Crippen LogP contribution < -0.4 is 5.43 Å². The van der Waals surface area contributed by atoms with Crippen LogP contribution in [-0.4, -0.2) is 25.0 Å². The summed E-state index contributed by atoms with van der Waals surface area (Å²) in [6.07, 6.45) is 0.263. The van der Waals surface area contributed by atoms with E-state index in [4.69, 9.17) is 0 Å². The molecule has 3 nitrogen and oxygen atoms in total.